The van der Waals surface area contributed by atoms with Crippen molar-refractivity contribution >= 4 is 38.5 Å². The predicted molar refractivity (Wildman–Crippen MR) is 72.9 cm³/mol. The molecule has 0 bridgehead atoms. The van der Waals surface area contributed by atoms with Crippen LogP contribution in [-0.4, -0.2) is 24.7 Å². The van der Waals surface area contributed by atoms with Gasteiger partial charge in [-0.05, 0) is 35.0 Å². The highest BCUT2D eigenvalue weighted by molar-refractivity contribution is 9.10. The molecule has 0 aliphatic heterocycles. The number of benzene rings is 1. The molecule has 0 aliphatic carbocycles. The van der Waals surface area contributed by atoms with E-state index in [1.54, 1.807) is 20.1 Å². The topological polar surface area (TPSA) is 77.3 Å². The lowest BCUT2D eigenvalue weighted by molar-refractivity contribution is 0.0522. The molecule has 0 fully saturated rings. The molecule has 0 saturated carbocycles. The maximum atomic E-state index is 11.7. The summed E-state index contributed by atoms with van der Waals surface area (Å²) in [6, 6.07) is 3.58. The van der Waals surface area contributed by atoms with E-state index < -0.39 is 5.97 Å². The van der Waals surface area contributed by atoms with Crippen LogP contribution in [0.4, 0.5) is 5.69 Å². The number of carbonyl (C=O) groups excluding carboxylic acids is 1. The van der Waals surface area contributed by atoms with Gasteiger partial charge in [-0.2, -0.15) is 0 Å². The van der Waals surface area contributed by atoms with Crippen LogP contribution >= 0.6 is 15.9 Å². The Kier molecular flexibility index (Phi) is 3.47. The lowest BCUT2D eigenvalue weighted by Gasteiger charge is -2.03. The Morgan fingerprint density at radius 1 is 1.50 bits per heavy atom. The number of esters is 1. The molecule has 0 saturated heterocycles. The van der Waals surface area contributed by atoms with Crippen LogP contribution in [0.15, 0.2) is 16.6 Å². The van der Waals surface area contributed by atoms with Crippen LogP contribution < -0.4 is 10.5 Å². The van der Waals surface area contributed by atoms with Gasteiger partial charge in [0.2, 0.25) is 0 Å². The summed E-state index contributed by atoms with van der Waals surface area (Å²) in [5, 5.41) is 0.734. The van der Waals surface area contributed by atoms with Crippen LogP contribution in [0.3, 0.4) is 0 Å². The number of aromatic nitrogens is 1. The number of nitrogen functional groups attached to an aromatic ring is 1. The number of aromatic amines is 1. The summed E-state index contributed by atoms with van der Waals surface area (Å²) < 4.78 is 10.9. The van der Waals surface area contributed by atoms with Crippen molar-refractivity contribution in [2.75, 3.05) is 19.5 Å². The van der Waals surface area contributed by atoms with Gasteiger partial charge in [-0.25, -0.2) is 4.79 Å². The molecule has 3 N–H and O–H groups in total. The third-order valence-corrected chi connectivity index (χ3v) is 3.21. The third kappa shape index (κ3) is 2.03. The average molecular weight is 313 g/mol. The van der Waals surface area contributed by atoms with Crippen molar-refractivity contribution in [3.63, 3.8) is 0 Å². The largest absolute Gasteiger partial charge is 0.496 e. The van der Waals surface area contributed by atoms with Crippen molar-refractivity contribution < 1.29 is 14.3 Å². The zero-order valence-electron chi connectivity index (χ0n) is 10.0. The molecule has 0 atom stereocenters. The molecule has 5 nitrogen and oxygen atoms in total. The fourth-order valence-electron chi connectivity index (χ4n) is 1.74. The second-order valence-electron chi connectivity index (χ2n) is 3.67. The van der Waals surface area contributed by atoms with Crippen LogP contribution in [0, 0.1) is 0 Å². The Bertz CT molecular complexity index is 607. The van der Waals surface area contributed by atoms with Crippen LogP contribution in [0.1, 0.15) is 17.4 Å². The SMILES string of the molecule is CCOC(=O)c1[nH]c2cc(Br)c(OC)cc2c1N. The second-order valence-corrected chi connectivity index (χ2v) is 4.52. The van der Waals surface area contributed by atoms with Crippen molar-refractivity contribution in [2.24, 2.45) is 0 Å². The van der Waals surface area contributed by atoms with Gasteiger partial charge < -0.3 is 20.2 Å². The van der Waals surface area contributed by atoms with Gasteiger partial charge in [0.1, 0.15) is 11.4 Å². The Morgan fingerprint density at radius 3 is 2.83 bits per heavy atom. The number of halogens is 1. The molecule has 0 amide bonds. The zero-order chi connectivity index (χ0) is 13.3. The van der Waals surface area contributed by atoms with Gasteiger partial charge in [0.15, 0.2) is 0 Å². The lowest BCUT2D eigenvalue weighted by atomic mass is 10.2. The maximum Gasteiger partial charge on any atom is 0.356 e. The van der Waals surface area contributed by atoms with Crippen molar-refractivity contribution in [1.82, 2.24) is 4.98 Å². The first-order valence-electron chi connectivity index (χ1n) is 5.40. The number of rotatable bonds is 3. The average Bonchev–Trinajstić information content (AvgIpc) is 2.65. The number of hydrogen-bond donors (Lipinski definition) is 2. The van der Waals surface area contributed by atoms with Crippen molar-refractivity contribution in [1.29, 1.82) is 0 Å². The van der Waals surface area contributed by atoms with E-state index in [0.29, 0.717) is 18.0 Å². The minimum Gasteiger partial charge on any atom is -0.496 e. The molecule has 1 aromatic heterocycles. The normalized spacial score (nSPS) is 10.6. The molecule has 0 unspecified atom stereocenters. The second kappa shape index (κ2) is 4.89. The van der Waals surface area contributed by atoms with Gasteiger partial charge in [-0.15, -0.1) is 0 Å². The molecule has 2 rings (SSSR count). The number of methoxy groups -OCH3 is 1. The van der Waals surface area contributed by atoms with Crippen molar-refractivity contribution in [3.05, 3.63) is 22.3 Å². The quantitative estimate of drug-likeness (QED) is 0.854. The van der Waals surface area contributed by atoms with Gasteiger partial charge in [0.05, 0.1) is 23.9 Å². The number of carbonyl (C=O) groups is 1. The van der Waals surface area contributed by atoms with E-state index in [1.807, 2.05) is 6.07 Å². The highest BCUT2D eigenvalue weighted by Crippen LogP contribution is 2.34. The number of fused-ring (bicyclic) bond motifs is 1. The summed E-state index contributed by atoms with van der Waals surface area (Å²) in [5.74, 6) is 0.199. The first-order chi connectivity index (χ1) is 8.58. The minimum absolute atomic E-state index is 0.270. The van der Waals surface area contributed by atoms with Gasteiger partial charge >= 0.3 is 5.97 Å². The molecule has 0 spiro atoms. The maximum absolute atomic E-state index is 11.7. The first-order valence-corrected chi connectivity index (χ1v) is 6.19. The van der Waals surface area contributed by atoms with Crippen molar-refractivity contribution in [2.45, 2.75) is 6.92 Å². The van der Waals surface area contributed by atoms with E-state index in [0.717, 1.165) is 15.4 Å². The zero-order valence-corrected chi connectivity index (χ0v) is 11.6. The molecule has 2 aromatic rings. The van der Waals surface area contributed by atoms with Gasteiger partial charge in [0, 0.05) is 10.9 Å². The third-order valence-electron chi connectivity index (χ3n) is 2.59. The summed E-state index contributed by atoms with van der Waals surface area (Å²) in [6.45, 7) is 2.05. The summed E-state index contributed by atoms with van der Waals surface area (Å²) in [7, 11) is 1.57. The van der Waals surface area contributed by atoms with Crippen LogP contribution in [0.2, 0.25) is 0 Å². The van der Waals surface area contributed by atoms with E-state index in [-0.39, 0.29) is 5.69 Å². The Labute approximate surface area is 112 Å². The summed E-state index contributed by atoms with van der Waals surface area (Å²) in [4.78, 5) is 14.7. The van der Waals surface area contributed by atoms with Crippen LogP contribution in [0.25, 0.3) is 10.9 Å². The molecule has 96 valence electrons. The van der Waals surface area contributed by atoms with Gasteiger partial charge in [-0.1, -0.05) is 0 Å². The van der Waals surface area contributed by atoms with Crippen LogP contribution in [-0.2, 0) is 4.74 Å². The molecule has 1 aromatic carbocycles. The Balaban J connectivity index is 2.59. The minimum atomic E-state index is -0.457. The fraction of sp³-hybridized carbons (Fsp3) is 0.250. The predicted octanol–water partition coefficient (Wildman–Crippen LogP) is 2.70. The smallest absolute Gasteiger partial charge is 0.356 e. The van der Waals surface area contributed by atoms with Crippen molar-refractivity contribution in [3.8, 4) is 5.75 Å². The first kappa shape index (κ1) is 12.8. The van der Waals surface area contributed by atoms with E-state index in [2.05, 4.69) is 20.9 Å². The van der Waals surface area contributed by atoms with E-state index in [4.69, 9.17) is 15.2 Å². The highest BCUT2D eigenvalue weighted by atomic mass is 79.9. The number of anilines is 1. The number of H-pyrrole nitrogens is 1. The standard InChI is InChI=1S/C12H13BrN2O3/c1-3-18-12(16)11-10(14)6-4-9(17-2)7(13)5-8(6)15-11/h4-5,15H,3,14H2,1-2H3. The van der Waals surface area contributed by atoms with E-state index >= 15 is 0 Å². The van der Waals surface area contributed by atoms with Crippen LogP contribution in [0.5, 0.6) is 5.75 Å². The Morgan fingerprint density at radius 2 is 2.22 bits per heavy atom. The van der Waals surface area contributed by atoms with Gasteiger partial charge in [0.25, 0.3) is 0 Å². The van der Waals surface area contributed by atoms with Gasteiger partial charge in [-0.3, -0.25) is 0 Å². The molecule has 6 heteroatoms. The summed E-state index contributed by atoms with van der Waals surface area (Å²) in [5.41, 5.74) is 7.33. The van der Waals surface area contributed by atoms with E-state index in [9.17, 15) is 4.79 Å². The molecular weight excluding hydrogens is 300 g/mol. The molecule has 18 heavy (non-hydrogen) atoms. The lowest BCUT2D eigenvalue weighted by Crippen LogP contribution is -2.07. The molecule has 0 radical (unpaired) electrons. The number of nitrogens with two attached hydrogens (primary N) is 1. The summed E-state index contributed by atoms with van der Waals surface area (Å²) >= 11 is 3.38. The number of hydrogen-bond acceptors (Lipinski definition) is 4. The fourth-order valence-corrected chi connectivity index (χ4v) is 2.24. The van der Waals surface area contributed by atoms with E-state index in [1.165, 1.54) is 0 Å². The number of nitrogens with one attached hydrogen (secondary N) is 1. The summed E-state index contributed by atoms with van der Waals surface area (Å²) in [6.07, 6.45) is 0. The highest BCUT2D eigenvalue weighted by Gasteiger charge is 2.18. The number of ether oxygens (including phenoxy) is 2. The monoisotopic (exact) mass is 312 g/mol. The molecule has 1 heterocycles. The Hall–Kier alpha value is -1.69. The molecule has 0 aliphatic rings. The molecular formula is C12H13BrN2O3.